The molecule has 0 heterocycles. The van der Waals surface area contributed by atoms with E-state index in [4.69, 9.17) is 26.9 Å². The standard InChI is InChI=1S/C6H12O6/c7-1-3(9)5(11)6(12)4(10)2-8/h1,3-6,8-12H,2H2/t3-,4+,5-,6+/m0/s1/i5D. The molecule has 12 heavy (non-hydrogen) atoms. The van der Waals surface area contributed by atoms with Gasteiger partial charge in [0.2, 0.25) is 0 Å². The van der Waals surface area contributed by atoms with Gasteiger partial charge in [0.25, 0.3) is 0 Å². The van der Waals surface area contributed by atoms with E-state index in [9.17, 15) is 4.79 Å². The summed E-state index contributed by atoms with van der Waals surface area (Å²) < 4.78 is 6.93. The summed E-state index contributed by atoms with van der Waals surface area (Å²) in [6.45, 7) is -0.895. The number of rotatable bonds is 5. The lowest BCUT2D eigenvalue weighted by atomic mass is 10.0. The SMILES string of the molecule is [2H][C@@](O)([C@H](O)[C@H](O)CO)[C@@H](O)C=O. The van der Waals surface area contributed by atoms with Crippen molar-refractivity contribution in [2.24, 2.45) is 0 Å². The predicted octanol–water partition coefficient (Wildman–Crippen LogP) is -3.38. The summed E-state index contributed by atoms with van der Waals surface area (Å²) in [7, 11) is 0. The Morgan fingerprint density at radius 2 is 1.83 bits per heavy atom. The average molecular weight is 181 g/mol. The van der Waals surface area contributed by atoms with Gasteiger partial charge in [-0.15, -0.1) is 0 Å². The highest BCUT2D eigenvalue weighted by Crippen LogP contribution is 2.02. The predicted molar refractivity (Wildman–Crippen MR) is 37.2 cm³/mol. The number of aliphatic hydroxyl groups excluding tert-OH is 4. The van der Waals surface area contributed by atoms with E-state index >= 15 is 0 Å². The van der Waals surface area contributed by atoms with Crippen molar-refractivity contribution < 1.29 is 31.7 Å². The second-order valence-corrected chi connectivity index (χ2v) is 2.20. The van der Waals surface area contributed by atoms with Gasteiger partial charge in [0.1, 0.15) is 24.4 Å². The molecule has 5 N–H and O–H groups in total. The molecule has 0 spiro atoms. The molecular weight excluding hydrogens is 168 g/mol. The molecule has 0 fully saturated rings. The van der Waals surface area contributed by atoms with Crippen LogP contribution in [-0.2, 0) is 4.79 Å². The zero-order valence-corrected chi connectivity index (χ0v) is 6.16. The second kappa shape index (κ2) is 5.18. The van der Waals surface area contributed by atoms with Crippen molar-refractivity contribution in [3.63, 3.8) is 0 Å². The van der Waals surface area contributed by atoms with Crippen LogP contribution in [0.25, 0.3) is 0 Å². The maximum atomic E-state index is 9.98. The van der Waals surface area contributed by atoms with Gasteiger partial charge in [-0.05, 0) is 0 Å². The lowest BCUT2D eigenvalue weighted by Gasteiger charge is -2.22. The molecule has 0 radical (unpaired) electrons. The third kappa shape index (κ3) is 2.84. The first-order chi connectivity index (χ1) is 5.87. The van der Waals surface area contributed by atoms with Gasteiger partial charge < -0.3 is 30.3 Å². The van der Waals surface area contributed by atoms with Crippen LogP contribution >= 0.6 is 0 Å². The van der Waals surface area contributed by atoms with Gasteiger partial charge in [-0.3, -0.25) is 0 Å². The van der Waals surface area contributed by atoms with Gasteiger partial charge >= 0.3 is 0 Å². The van der Waals surface area contributed by atoms with Crippen molar-refractivity contribution in [1.29, 1.82) is 0 Å². The summed E-state index contributed by atoms with van der Waals surface area (Å²) in [5.41, 5.74) is 0. The van der Waals surface area contributed by atoms with Crippen molar-refractivity contribution in [2.75, 3.05) is 6.61 Å². The smallest absolute Gasteiger partial charge is 0.151 e. The first kappa shape index (κ1) is 9.56. The van der Waals surface area contributed by atoms with Gasteiger partial charge in [-0.1, -0.05) is 0 Å². The largest absolute Gasteiger partial charge is 0.394 e. The Morgan fingerprint density at radius 3 is 2.17 bits per heavy atom. The molecule has 0 unspecified atom stereocenters. The van der Waals surface area contributed by atoms with E-state index in [-0.39, 0.29) is 6.29 Å². The molecule has 0 amide bonds. The third-order valence-electron chi connectivity index (χ3n) is 1.29. The number of aldehydes is 1. The molecule has 0 aromatic carbocycles. The Balaban J connectivity index is 4.51. The molecular formula is C6H12O6. The quantitative estimate of drug-likeness (QED) is 0.282. The van der Waals surface area contributed by atoms with E-state index in [1.165, 1.54) is 0 Å². The Bertz CT molecular complexity index is 173. The van der Waals surface area contributed by atoms with E-state index in [1.54, 1.807) is 0 Å². The Morgan fingerprint density at radius 1 is 1.33 bits per heavy atom. The Hall–Kier alpha value is -0.530. The molecule has 0 aliphatic carbocycles. The molecule has 0 aromatic heterocycles. The highest BCUT2D eigenvalue weighted by molar-refractivity contribution is 5.56. The maximum Gasteiger partial charge on any atom is 0.151 e. The summed E-state index contributed by atoms with van der Waals surface area (Å²) in [6, 6.07) is 0. The summed E-state index contributed by atoms with van der Waals surface area (Å²) in [4.78, 5) is 9.98. The Labute approximate surface area is 70.1 Å². The van der Waals surface area contributed by atoms with Crippen LogP contribution < -0.4 is 0 Å². The molecule has 0 saturated carbocycles. The van der Waals surface area contributed by atoms with Crippen molar-refractivity contribution in [2.45, 2.75) is 24.4 Å². The van der Waals surface area contributed by atoms with E-state index in [1.807, 2.05) is 0 Å². The lowest BCUT2D eigenvalue weighted by molar-refractivity contribution is -0.136. The molecule has 0 aliphatic heterocycles. The van der Waals surface area contributed by atoms with Crippen LogP contribution in [0.1, 0.15) is 1.37 Å². The van der Waals surface area contributed by atoms with Crippen LogP contribution in [0, 0.1) is 0 Å². The van der Waals surface area contributed by atoms with E-state index in [2.05, 4.69) is 0 Å². The Kier molecular flexibility index (Phi) is 4.12. The van der Waals surface area contributed by atoms with Crippen LogP contribution in [0.4, 0.5) is 0 Å². The van der Waals surface area contributed by atoms with Crippen LogP contribution in [-0.4, -0.2) is 62.8 Å². The van der Waals surface area contributed by atoms with Crippen molar-refractivity contribution in [3.8, 4) is 0 Å². The van der Waals surface area contributed by atoms with Crippen molar-refractivity contribution in [3.05, 3.63) is 0 Å². The van der Waals surface area contributed by atoms with Gasteiger partial charge in [-0.25, -0.2) is 0 Å². The number of hydrogen-bond acceptors (Lipinski definition) is 6. The fraction of sp³-hybridized carbons (Fsp3) is 0.833. The van der Waals surface area contributed by atoms with Gasteiger partial charge in [0.15, 0.2) is 6.29 Å². The first-order valence-electron chi connectivity index (χ1n) is 3.70. The number of carbonyl (C=O) groups is 1. The average Bonchev–Trinajstić information content (AvgIpc) is 2.13. The second-order valence-electron chi connectivity index (χ2n) is 2.20. The third-order valence-corrected chi connectivity index (χ3v) is 1.29. The molecule has 4 atom stereocenters. The zero-order valence-electron chi connectivity index (χ0n) is 7.16. The fourth-order valence-electron chi connectivity index (χ4n) is 0.542. The molecule has 72 valence electrons. The normalized spacial score (nSPS) is 24.9. The number of carbonyl (C=O) groups excluding carboxylic acids is 1. The first-order valence-corrected chi connectivity index (χ1v) is 3.20. The molecule has 0 aromatic rings. The maximum absolute atomic E-state index is 9.98. The van der Waals surface area contributed by atoms with Crippen LogP contribution in [0.5, 0.6) is 0 Å². The highest BCUT2D eigenvalue weighted by atomic mass is 16.4. The van der Waals surface area contributed by atoms with Gasteiger partial charge in [0.05, 0.1) is 7.98 Å². The monoisotopic (exact) mass is 181 g/mol. The summed E-state index contributed by atoms with van der Waals surface area (Å²) >= 11 is 0. The fourth-order valence-corrected chi connectivity index (χ4v) is 0.542. The van der Waals surface area contributed by atoms with Gasteiger partial charge in [0, 0.05) is 0 Å². The van der Waals surface area contributed by atoms with Gasteiger partial charge in [-0.2, -0.15) is 0 Å². The van der Waals surface area contributed by atoms with Crippen LogP contribution in [0.2, 0.25) is 0 Å². The molecule has 0 aliphatic rings. The van der Waals surface area contributed by atoms with Crippen molar-refractivity contribution >= 4 is 6.29 Å². The highest BCUT2D eigenvalue weighted by Gasteiger charge is 2.29. The lowest BCUT2D eigenvalue weighted by Crippen LogP contribution is -2.46. The minimum atomic E-state index is -2.93. The molecule has 6 nitrogen and oxygen atoms in total. The minimum absolute atomic E-state index is 0.152. The summed E-state index contributed by atoms with van der Waals surface area (Å²) in [5, 5.41) is 43.9. The van der Waals surface area contributed by atoms with E-state index < -0.39 is 31.0 Å². The van der Waals surface area contributed by atoms with Crippen LogP contribution in [0.3, 0.4) is 0 Å². The van der Waals surface area contributed by atoms with E-state index in [0.29, 0.717) is 0 Å². The van der Waals surface area contributed by atoms with Crippen molar-refractivity contribution in [1.82, 2.24) is 0 Å². The molecule has 0 bridgehead atoms. The number of hydrogen-bond donors (Lipinski definition) is 5. The number of aliphatic hydroxyl groups is 5. The van der Waals surface area contributed by atoms with E-state index in [0.717, 1.165) is 0 Å². The summed E-state index contributed by atoms with van der Waals surface area (Å²) in [6.07, 6.45) is -9.15. The van der Waals surface area contributed by atoms with Crippen LogP contribution in [0.15, 0.2) is 0 Å². The summed E-state index contributed by atoms with van der Waals surface area (Å²) in [5.74, 6) is 0. The topological polar surface area (TPSA) is 118 Å². The minimum Gasteiger partial charge on any atom is -0.394 e. The zero-order chi connectivity index (χ0) is 10.6. The molecule has 0 rings (SSSR count). The molecule has 6 heteroatoms. The molecule has 0 saturated heterocycles.